The lowest BCUT2D eigenvalue weighted by molar-refractivity contribution is -0.139. The molecule has 170 valence electrons. The number of carboxylic acid groups (broad SMARTS) is 2. The van der Waals surface area contributed by atoms with Crippen LogP contribution >= 0.6 is 11.8 Å². The van der Waals surface area contributed by atoms with E-state index in [-0.39, 0.29) is 18.7 Å². The van der Waals surface area contributed by atoms with Crippen molar-refractivity contribution in [1.29, 1.82) is 0 Å². The molecule has 0 radical (unpaired) electrons. The van der Waals surface area contributed by atoms with E-state index in [0.29, 0.717) is 5.75 Å². The number of carbonyl (C=O) groups is 3. The highest BCUT2D eigenvalue weighted by atomic mass is 32.2. The molecular weight excluding hydrogens is 404 g/mol. The molecule has 0 fully saturated rings. The van der Waals surface area contributed by atoms with Crippen molar-refractivity contribution in [3.63, 3.8) is 0 Å². The zero-order valence-corrected chi connectivity index (χ0v) is 19.3. The van der Waals surface area contributed by atoms with E-state index < -0.39 is 24.0 Å². The van der Waals surface area contributed by atoms with Gasteiger partial charge >= 0.3 is 18.0 Å². The van der Waals surface area contributed by atoms with Gasteiger partial charge in [-0.25, -0.2) is 9.59 Å². The molecule has 0 aliphatic carbocycles. The van der Waals surface area contributed by atoms with Crippen LogP contribution in [-0.2, 0) is 9.59 Å². The van der Waals surface area contributed by atoms with Gasteiger partial charge in [0.2, 0.25) is 0 Å². The zero-order chi connectivity index (χ0) is 22.9. The predicted molar refractivity (Wildman–Crippen MR) is 123 cm³/mol. The summed E-state index contributed by atoms with van der Waals surface area (Å²) < 4.78 is 0. The number of rotatable bonds is 15. The van der Waals surface area contributed by atoms with Crippen molar-refractivity contribution in [2.24, 2.45) is 0 Å². The second-order valence-electron chi connectivity index (χ2n) is 7.43. The van der Waals surface area contributed by atoms with E-state index in [0.717, 1.165) is 25.7 Å². The van der Waals surface area contributed by atoms with Crippen molar-refractivity contribution in [1.82, 2.24) is 10.6 Å². The maximum absolute atomic E-state index is 11.6. The van der Waals surface area contributed by atoms with E-state index >= 15 is 0 Å². The summed E-state index contributed by atoms with van der Waals surface area (Å²) in [6.07, 6.45) is 10.5. The largest absolute Gasteiger partial charge is 0.481 e. The number of amides is 2. The van der Waals surface area contributed by atoms with Gasteiger partial charge in [-0.1, -0.05) is 34.9 Å². The van der Waals surface area contributed by atoms with Crippen LogP contribution in [-0.4, -0.2) is 52.3 Å². The Kier molecular flexibility index (Phi) is 15.3. The van der Waals surface area contributed by atoms with Gasteiger partial charge in [0.15, 0.2) is 0 Å². The summed E-state index contributed by atoms with van der Waals surface area (Å²) in [5, 5.41) is 22.5. The topological polar surface area (TPSA) is 116 Å². The summed E-state index contributed by atoms with van der Waals surface area (Å²) in [6.45, 7) is 8.39. The molecule has 0 spiro atoms. The summed E-state index contributed by atoms with van der Waals surface area (Å²) in [4.78, 5) is 33.4. The Morgan fingerprint density at radius 1 is 0.900 bits per heavy atom. The molecule has 7 nitrogen and oxygen atoms in total. The van der Waals surface area contributed by atoms with Gasteiger partial charge in [-0.3, -0.25) is 4.79 Å². The first-order valence-electron chi connectivity index (χ1n) is 10.1. The van der Waals surface area contributed by atoms with Crippen molar-refractivity contribution >= 4 is 29.7 Å². The second kappa shape index (κ2) is 16.6. The summed E-state index contributed by atoms with van der Waals surface area (Å²) in [5.41, 5.74) is 3.99. The van der Waals surface area contributed by atoms with Crippen molar-refractivity contribution in [2.45, 2.75) is 65.8 Å². The molecule has 0 bridgehead atoms. The van der Waals surface area contributed by atoms with Crippen molar-refractivity contribution < 1.29 is 24.6 Å². The van der Waals surface area contributed by atoms with Crippen LogP contribution in [0.2, 0.25) is 0 Å². The number of hydrogen-bond acceptors (Lipinski definition) is 4. The molecule has 30 heavy (non-hydrogen) atoms. The molecule has 0 saturated carbocycles. The Balaban J connectivity index is 4.19. The number of carboxylic acids is 2. The third kappa shape index (κ3) is 16.7. The molecule has 0 aromatic rings. The fourth-order valence-electron chi connectivity index (χ4n) is 2.39. The third-order valence-electron chi connectivity index (χ3n) is 4.18. The van der Waals surface area contributed by atoms with E-state index in [1.807, 2.05) is 0 Å². The quantitative estimate of drug-likeness (QED) is 0.222. The normalized spacial score (nSPS) is 12.8. The molecule has 0 unspecified atom stereocenters. The molecule has 8 heteroatoms. The maximum Gasteiger partial charge on any atom is 0.327 e. The number of thioether (sulfide) groups is 1. The van der Waals surface area contributed by atoms with Crippen molar-refractivity contribution in [2.75, 3.05) is 18.1 Å². The number of carbonyl (C=O) groups excluding carboxylic acids is 1. The molecule has 0 aliphatic rings. The van der Waals surface area contributed by atoms with Crippen LogP contribution < -0.4 is 10.6 Å². The molecule has 0 heterocycles. The van der Waals surface area contributed by atoms with E-state index in [9.17, 15) is 19.5 Å². The Hall–Kier alpha value is -2.22. The third-order valence-corrected chi connectivity index (χ3v) is 5.16. The van der Waals surface area contributed by atoms with Crippen LogP contribution in [0.1, 0.15) is 59.8 Å². The standard InChI is InChI=1S/C22H36N2O5S/c1-16(2)7-5-8-17(3)9-6-10-18(4)12-14-30-15-19(21(27)28)24-22(29)23-13-11-20(25)26/h7,9,12,19H,5-6,8,10-11,13-15H2,1-4H3,(H,25,26)(H,27,28)(H2,23,24,29)/t19-/m0/s1. The average Bonchev–Trinajstić information content (AvgIpc) is 2.63. The van der Waals surface area contributed by atoms with Crippen LogP contribution in [0.5, 0.6) is 0 Å². The van der Waals surface area contributed by atoms with Crippen LogP contribution in [0.3, 0.4) is 0 Å². The SMILES string of the molecule is CC(C)=CCCC(C)=CCCC(C)=CCSC[C@H](NC(=O)NCCC(=O)O)C(=O)O. The molecule has 4 N–H and O–H groups in total. The van der Waals surface area contributed by atoms with E-state index in [4.69, 9.17) is 5.11 Å². The van der Waals surface area contributed by atoms with E-state index in [1.54, 1.807) is 0 Å². The molecule has 0 aromatic heterocycles. The molecule has 0 saturated heterocycles. The number of urea groups is 1. The van der Waals surface area contributed by atoms with Gasteiger partial charge in [0.25, 0.3) is 0 Å². The van der Waals surface area contributed by atoms with Gasteiger partial charge in [0.05, 0.1) is 6.42 Å². The van der Waals surface area contributed by atoms with Crippen LogP contribution in [0.15, 0.2) is 34.9 Å². The van der Waals surface area contributed by atoms with Crippen LogP contribution in [0.4, 0.5) is 4.79 Å². The zero-order valence-electron chi connectivity index (χ0n) is 18.5. The summed E-state index contributed by atoms with van der Waals surface area (Å²) in [7, 11) is 0. The number of allylic oxidation sites excluding steroid dienone is 5. The van der Waals surface area contributed by atoms with Gasteiger partial charge in [0, 0.05) is 18.1 Å². The minimum Gasteiger partial charge on any atom is -0.481 e. The Morgan fingerprint density at radius 3 is 2.07 bits per heavy atom. The smallest absolute Gasteiger partial charge is 0.327 e. The molecule has 0 aromatic carbocycles. The molecule has 1 atom stereocenters. The number of nitrogens with one attached hydrogen (secondary N) is 2. The first-order valence-corrected chi connectivity index (χ1v) is 11.3. The number of aliphatic carboxylic acids is 2. The molecular formula is C22H36N2O5S. The Bertz CT molecular complexity index is 652. The predicted octanol–water partition coefficient (Wildman–Crippen LogP) is 4.37. The van der Waals surface area contributed by atoms with Crippen molar-refractivity contribution in [3.8, 4) is 0 Å². The number of hydrogen-bond donors (Lipinski definition) is 4. The van der Waals surface area contributed by atoms with Gasteiger partial charge in [0.1, 0.15) is 6.04 Å². The molecule has 2 amide bonds. The molecule has 0 aliphatic heterocycles. The van der Waals surface area contributed by atoms with E-state index in [2.05, 4.69) is 56.6 Å². The average molecular weight is 441 g/mol. The lowest BCUT2D eigenvalue weighted by Gasteiger charge is -2.14. The second-order valence-corrected chi connectivity index (χ2v) is 8.51. The minimum atomic E-state index is -1.12. The van der Waals surface area contributed by atoms with Gasteiger partial charge in [-0.05, 0) is 53.4 Å². The Morgan fingerprint density at radius 2 is 1.50 bits per heavy atom. The monoisotopic (exact) mass is 440 g/mol. The highest BCUT2D eigenvalue weighted by Crippen LogP contribution is 2.13. The molecule has 0 rings (SSSR count). The van der Waals surface area contributed by atoms with Crippen LogP contribution in [0.25, 0.3) is 0 Å². The van der Waals surface area contributed by atoms with Crippen molar-refractivity contribution in [3.05, 3.63) is 34.9 Å². The van der Waals surface area contributed by atoms with Gasteiger partial charge in [-0.2, -0.15) is 11.8 Å². The first-order chi connectivity index (χ1) is 14.1. The fourth-order valence-corrected chi connectivity index (χ4v) is 3.39. The fraction of sp³-hybridized carbons (Fsp3) is 0.591. The lowest BCUT2D eigenvalue weighted by atomic mass is 10.1. The lowest BCUT2D eigenvalue weighted by Crippen LogP contribution is -2.47. The van der Waals surface area contributed by atoms with Gasteiger partial charge in [-0.15, -0.1) is 0 Å². The van der Waals surface area contributed by atoms with E-state index in [1.165, 1.54) is 28.5 Å². The summed E-state index contributed by atoms with van der Waals surface area (Å²) in [5.74, 6) is -1.25. The maximum atomic E-state index is 11.6. The summed E-state index contributed by atoms with van der Waals surface area (Å²) >= 11 is 1.43. The summed E-state index contributed by atoms with van der Waals surface area (Å²) in [6, 6.07) is -1.71. The van der Waals surface area contributed by atoms with Crippen LogP contribution in [0, 0.1) is 0 Å². The van der Waals surface area contributed by atoms with Gasteiger partial charge < -0.3 is 20.8 Å². The Labute approximate surface area is 184 Å². The minimum absolute atomic E-state index is 0.0502. The highest BCUT2D eigenvalue weighted by Gasteiger charge is 2.19. The highest BCUT2D eigenvalue weighted by molar-refractivity contribution is 7.99. The first kappa shape index (κ1) is 27.8.